The van der Waals surface area contributed by atoms with Crippen molar-refractivity contribution in [3.05, 3.63) is 66.2 Å². The summed E-state index contributed by atoms with van der Waals surface area (Å²) in [4.78, 5) is 18.6. The molecule has 1 aliphatic rings. The first kappa shape index (κ1) is 23.2. The lowest BCUT2D eigenvalue weighted by molar-refractivity contribution is -0.115. The first-order chi connectivity index (χ1) is 13.7. The molecule has 0 saturated carbocycles. The van der Waals surface area contributed by atoms with E-state index in [0.717, 1.165) is 37.8 Å². The number of hydrogen-bond donors (Lipinski definition) is 2. The van der Waals surface area contributed by atoms with Gasteiger partial charge in [0.25, 0.3) is 0 Å². The maximum absolute atomic E-state index is 12.1. The van der Waals surface area contributed by atoms with Gasteiger partial charge in [0.1, 0.15) is 0 Å². The number of carbonyl (C=O) groups is 1. The third-order valence-corrected chi connectivity index (χ3v) is 4.73. The second-order valence-electron chi connectivity index (χ2n) is 6.92. The van der Waals surface area contributed by atoms with E-state index in [-0.39, 0.29) is 36.4 Å². The van der Waals surface area contributed by atoms with E-state index in [9.17, 15) is 4.79 Å². The highest BCUT2D eigenvalue weighted by Crippen LogP contribution is 2.17. The minimum atomic E-state index is -0.0886. The lowest BCUT2D eigenvalue weighted by Gasteiger charge is -2.21. The highest BCUT2D eigenvalue weighted by Gasteiger charge is 2.25. The Bertz CT molecular complexity index is 771. The smallest absolute Gasteiger partial charge is 0.243 e. The maximum Gasteiger partial charge on any atom is 0.243 e. The number of hydrogen-bond acceptors (Lipinski definition) is 3. The van der Waals surface area contributed by atoms with E-state index in [2.05, 4.69) is 32.7 Å². The first-order valence-corrected chi connectivity index (χ1v) is 9.67. The molecule has 7 heteroatoms. The van der Waals surface area contributed by atoms with E-state index in [4.69, 9.17) is 4.74 Å². The van der Waals surface area contributed by atoms with E-state index < -0.39 is 0 Å². The monoisotopic (exact) mass is 508 g/mol. The Labute approximate surface area is 189 Å². The van der Waals surface area contributed by atoms with E-state index in [1.54, 1.807) is 7.05 Å². The van der Waals surface area contributed by atoms with Gasteiger partial charge in [-0.15, -0.1) is 24.0 Å². The molecule has 1 fully saturated rings. The highest BCUT2D eigenvalue weighted by molar-refractivity contribution is 14.0. The Morgan fingerprint density at radius 1 is 1.14 bits per heavy atom. The highest BCUT2D eigenvalue weighted by atomic mass is 127. The molecule has 1 heterocycles. The summed E-state index contributed by atoms with van der Waals surface area (Å²) in [7, 11) is 1.75. The molecule has 2 aromatic rings. The average Bonchev–Trinajstić information content (AvgIpc) is 3.19. The number of ether oxygens (including phenoxy) is 1. The van der Waals surface area contributed by atoms with Crippen molar-refractivity contribution < 1.29 is 9.53 Å². The van der Waals surface area contributed by atoms with Gasteiger partial charge in [-0.25, -0.2) is 0 Å². The van der Waals surface area contributed by atoms with Crippen LogP contribution in [0.2, 0.25) is 0 Å². The fourth-order valence-electron chi connectivity index (χ4n) is 3.30. The summed E-state index contributed by atoms with van der Waals surface area (Å²) in [5.41, 5.74) is 1.99. The zero-order valence-electron chi connectivity index (χ0n) is 16.7. The molecule has 1 saturated heterocycles. The van der Waals surface area contributed by atoms with E-state index in [1.807, 2.05) is 48.5 Å². The van der Waals surface area contributed by atoms with Crippen LogP contribution in [-0.2, 0) is 16.1 Å². The number of rotatable bonds is 7. The van der Waals surface area contributed by atoms with Gasteiger partial charge in [0.15, 0.2) is 5.96 Å². The molecule has 0 bridgehead atoms. The third kappa shape index (κ3) is 7.66. The topological polar surface area (TPSA) is 66.0 Å². The average molecular weight is 508 g/mol. The van der Waals surface area contributed by atoms with Gasteiger partial charge in [-0.2, -0.15) is 0 Å². The summed E-state index contributed by atoms with van der Waals surface area (Å²) < 4.78 is 5.88. The first-order valence-electron chi connectivity index (χ1n) is 9.67. The molecule has 1 unspecified atom stereocenters. The molecule has 1 amide bonds. The molecule has 3 rings (SSSR count). The van der Waals surface area contributed by atoms with E-state index in [1.165, 1.54) is 5.56 Å². The van der Waals surface area contributed by atoms with Crippen molar-refractivity contribution in [1.29, 1.82) is 0 Å². The standard InChI is InChI=1S/C22H28N4O2.HI/c1-23-22(24-14-21(27)25-20-10-6-3-7-11-20)26-13-12-19(15-26)17-28-16-18-8-4-2-5-9-18;/h2-11,19H,12-17H2,1H3,(H,23,24)(H,25,27);1H. The SMILES string of the molecule is CN=C(NCC(=O)Nc1ccccc1)N1CCC(COCc2ccccc2)C1.I. The Kier molecular flexibility index (Phi) is 9.93. The van der Waals surface area contributed by atoms with Gasteiger partial charge in [-0.3, -0.25) is 9.79 Å². The number of guanidine groups is 1. The number of carbonyl (C=O) groups excluding carboxylic acids is 1. The zero-order valence-corrected chi connectivity index (χ0v) is 19.0. The Balaban J connectivity index is 0.00000300. The lowest BCUT2D eigenvalue weighted by Crippen LogP contribution is -2.43. The summed E-state index contributed by atoms with van der Waals surface area (Å²) in [5.74, 6) is 1.14. The number of benzene rings is 2. The summed E-state index contributed by atoms with van der Waals surface area (Å²) in [6.45, 7) is 3.36. The number of aliphatic imine (C=N–C) groups is 1. The third-order valence-electron chi connectivity index (χ3n) is 4.73. The summed E-state index contributed by atoms with van der Waals surface area (Å²) >= 11 is 0. The second kappa shape index (κ2) is 12.4. The van der Waals surface area contributed by atoms with Crippen LogP contribution in [0, 0.1) is 5.92 Å². The summed E-state index contributed by atoms with van der Waals surface area (Å²) in [6, 6.07) is 19.7. The predicted octanol–water partition coefficient (Wildman–Crippen LogP) is 3.36. The Hall–Kier alpha value is -2.13. The van der Waals surface area contributed by atoms with Crippen molar-refractivity contribution in [3.8, 4) is 0 Å². The molecule has 1 atom stereocenters. The lowest BCUT2D eigenvalue weighted by atomic mass is 10.1. The van der Waals surface area contributed by atoms with Crippen LogP contribution in [-0.4, -0.2) is 50.1 Å². The minimum Gasteiger partial charge on any atom is -0.376 e. The number of para-hydroxylation sites is 1. The van der Waals surface area contributed by atoms with Crippen molar-refractivity contribution in [2.24, 2.45) is 10.9 Å². The summed E-state index contributed by atoms with van der Waals surface area (Å²) in [5, 5.41) is 6.03. The molecule has 156 valence electrons. The maximum atomic E-state index is 12.1. The zero-order chi connectivity index (χ0) is 19.6. The van der Waals surface area contributed by atoms with Crippen molar-refractivity contribution in [3.63, 3.8) is 0 Å². The molecule has 0 aliphatic carbocycles. The van der Waals surface area contributed by atoms with Gasteiger partial charge in [0.05, 0.1) is 19.8 Å². The normalized spacial score (nSPS) is 16.2. The van der Waals surface area contributed by atoms with Gasteiger partial charge in [-0.05, 0) is 24.1 Å². The molecule has 2 aromatic carbocycles. The number of halogens is 1. The molecular weight excluding hydrogens is 479 g/mol. The van der Waals surface area contributed by atoms with Gasteiger partial charge in [0.2, 0.25) is 5.91 Å². The van der Waals surface area contributed by atoms with E-state index in [0.29, 0.717) is 12.5 Å². The molecule has 0 spiro atoms. The molecular formula is C22H29IN4O2. The van der Waals surface area contributed by atoms with Crippen LogP contribution >= 0.6 is 24.0 Å². The molecule has 2 N–H and O–H groups in total. The number of nitrogens with zero attached hydrogens (tertiary/aromatic N) is 2. The van der Waals surface area contributed by atoms with Gasteiger partial charge < -0.3 is 20.3 Å². The van der Waals surface area contributed by atoms with Crippen molar-refractivity contribution >= 4 is 41.5 Å². The van der Waals surface area contributed by atoms with Gasteiger partial charge in [-0.1, -0.05) is 48.5 Å². The van der Waals surface area contributed by atoms with Crippen molar-refractivity contribution in [2.45, 2.75) is 13.0 Å². The molecule has 1 aliphatic heterocycles. The number of nitrogens with one attached hydrogen (secondary N) is 2. The largest absolute Gasteiger partial charge is 0.376 e. The number of anilines is 1. The number of amides is 1. The molecule has 0 radical (unpaired) electrons. The Morgan fingerprint density at radius 3 is 2.52 bits per heavy atom. The van der Waals surface area contributed by atoms with Crippen LogP contribution in [0.5, 0.6) is 0 Å². The van der Waals surface area contributed by atoms with Crippen molar-refractivity contribution in [1.82, 2.24) is 10.2 Å². The minimum absolute atomic E-state index is 0. The molecule has 0 aromatic heterocycles. The molecule has 6 nitrogen and oxygen atoms in total. The van der Waals surface area contributed by atoms with Crippen LogP contribution in [0.25, 0.3) is 0 Å². The fourth-order valence-corrected chi connectivity index (χ4v) is 3.30. The van der Waals surface area contributed by atoms with Crippen molar-refractivity contribution in [2.75, 3.05) is 38.6 Å². The quantitative estimate of drug-likeness (QED) is 0.342. The molecule has 29 heavy (non-hydrogen) atoms. The van der Waals surface area contributed by atoms with E-state index >= 15 is 0 Å². The van der Waals surface area contributed by atoms with Crippen LogP contribution in [0.15, 0.2) is 65.7 Å². The number of likely N-dealkylation sites (tertiary alicyclic amines) is 1. The fraction of sp³-hybridized carbons (Fsp3) is 0.364. The van der Waals surface area contributed by atoms with Crippen LogP contribution in [0.1, 0.15) is 12.0 Å². The van der Waals surface area contributed by atoms with Crippen LogP contribution in [0.4, 0.5) is 5.69 Å². The predicted molar refractivity (Wildman–Crippen MR) is 128 cm³/mol. The second-order valence-corrected chi connectivity index (χ2v) is 6.92. The Morgan fingerprint density at radius 2 is 1.83 bits per heavy atom. The van der Waals surface area contributed by atoms with Crippen LogP contribution < -0.4 is 10.6 Å². The van der Waals surface area contributed by atoms with Gasteiger partial charge >= 0.3 is 0 Å². The van der Waals surface area contributed by atoms with Crippen LogP contribution in [0.3, 0.4) is 0 Å². The van der Waals surface area contributed by atoms with Gasteiger partial charge in [0, 0.05) is 31.7 Å². The summed E-state index contributed by atoms with van der Waals surface area (Å²) in [6.07, 6.45) is 1.06.